The van der Waals surface area contributed by atoms with Gasteiger partial charge in [0.15, 0.2) is 0 Å². The Kier molecular flexibility index (Phi) is 6.59. The predicted octanol–water partition coefficient (Wildman–Crippen LogP) is 6.80. The minimum Gasteiger partial charge on any atom is -0.492 e. The van der Waals surface area contributed by atoms with Crippen molar-refractivity contribution in [1.29, 1.82) is 0 Å². The molecule has 0 aliphatic rings. The van der Waals surface area contributed by atoms with Gasteiger partial charge in [-0.2, -0.15) is 0 Å². The van der Waals surface area contributed by atoms with E-state index in [1.807, 2.05) is 13.0 Å². The molecule has 0 radical (unpaired) electrons. The average molecular weight is 382 g/mol. The van der Waals surface area contributed by atoms with Crippen LogP contribution >= 0.6 is 0 Å². The fourth-order valence-corrected chi connectivity index (χ4v) is 3.33. The zero-order valence-corrected chi connectivity index (χ0v) is 18.7. The molecule has 0 unspecified atom stereocenters. The summed E-state index contributed by atoms with van der Waals surface area (Å²) in [5.41, 5.74) is 6.24. The molecular formula is C25H35NO2. The van der Waals surface area contributed by atoms with Crippen molar-refractivity contribution in [2.75, 3.05) is 11.9 Å². The molecule has 0 spiro atoms. The van der Waals surface area contributed by atoms with Crippen molar-refractivity contribution in [3.05, 3.63) is 52.6 Å². The minimum absolute atomic E-state index is 0.115. The maximum atomic E-state index is 11.7. The highest BCUT2D eigenvalue weighted by atomic mass is 16.5. The van der Waals surface area contributed by atoms with Crippen LogP contribution in [-0.4, -0.2) is 12.9 Å². The van der Waals surface area contributed by atoms with Gasteiger partial charge in [-0.25, -0.2) is 0 Å². The van der Waals surface area contributed by atoms with Crippen molar-refractivity contribution < 1.29 is 9.53 Å². The zero-order chi connectivity index (χ0) is 21.1. The van der Waals surface area contributed by atoms with Gasteiger partial charge in [0.05, 0.1) is 12.3 Å². The summed E-state index contributed by atoms with van der Waals surface area (Å²) in [4.78, 5) is 11.7. The van der Waals surface area contributed by atoms with Gasteiger partial charge in [0.2, 0.25) is 0 Å². The third-order valence-electron chi connectivity index (χ3n) is 5.01. The second-order valence-electron chi connectivity index (χ2n) is 9.34. The van der Waals surface area contributed by atoms with Crippen LogP contribution in [0.5, 0.6) is 5.75 Å². The molecule has 1 N–H and O–H groups in total. The van der Waals surface area contributed by atoms with Crippen LogP contribution in [0.1, 0.15) is 82.4 Å². The Morgan fingerprint density at radius 3 is 2.11 bits per heavy atom. The van der Waals surface area contributed by atoms with Gasteiger partial charge in [-0.1, -0.05) is 60.6 Å². The second-order valence-corrected chi connectivity index (χ2v) is 9.34. The lowest BCUT2D eigenvalue weighted by molar-refractivity contribution is 0.112. The summed E-state index contributed by atoms with van der Waals surface area (Å²) in [5.74, 6) is 0.708. The number of aldehydes is 1. The smallest absolute Gasteiger partial charge is 0.150 e. The van der Waals surface area contributed by atoms with Crippen LogP contribution in [0.4, 0.5) is 11.4 Å². The second kappa shape index (κ2) is 8.38. The van der Waals surface area contributed by atoms with Gasteiger partial charge in [0, 0.05) is 11.3 Å². The molecule has 3 nitrogen and oxygen atoms in total. The molecule has 3 heteroatoms. The SMILES string of the molecule is CCOc1cc(C=O)c(C(C)(C)C)cc1Nc1ccc(C(C)(C)C)cc1CC. The molecule has 0 saturated heterocycles. The van der Waals surface area contributed by atoms with Crippen molar-refractivity contribution in [3.8, 4) is 5.75 Å². The monoisotopic (exact) mass is 381 g/mol. The summed E-state index contributed by atoms with van der Waals surface area (Å²) in [6.45, 7) is 17.7. The maximum absolute atomic E-state index is 11.7. The molecule has 0 fully saturated rings. The van der Waals surface area contributed by atoms with Gasteiger partial charge in [-0.15, -0.1) is 0 Å². The van der Waals surface area contributed by atoms with Gasteiger partial charge in [0.25, 0.3) is 0 Å². The molecule has 152 valence electrons. The Morgan fingerprint density at radius 2 is 1.61 bits per heavy atom. The summed E-state index contributed by atoms with van der Waals surface area (Å²) in [6.07, 6.45) is 1.86. The van der Waals surface area contributed by atoms with Crippen LogP contribution in [0.2, 0.25) is 0 Å². The van der Waals surface area contributed by atoms with Crippen molar-refractivity contribution in [1.82, 2.24) is 0 Å². The van der Waals surface area contributed by atoms with Crippen LogP contribution in [-0.2, 0) is 17.3 Å². The van der Waals surface area contributed by atoms with Crippen LogP contribution in [0.25, 0.3) is 0 Å². The lowest BCUT2D eigenvalue weighted by atomic mass is 9.83. The van der Waals surface area contributed by atoms with Crippen LogP contribution in [0.3, 0.4) is 0 Å². The van der Waals surface area contributed by atoms with E-state index >= 15 is 0 Å². The molecule has 2 rings (SSSR count). The van der Waals surface area contributed by atoms with E-state index in [1.54, 1.807) is 0 Å². The number of benzene rings is 2. The maximum Gasteiger partial charge on any atom is 0.150 e. The first-order valence-electron chi connectivity index (χ1n) is 10.2. The number of nitrogens with one attached hydrogen (secondary N) is 1. The molecule has 2 aromatic rings. The van der Waals surface area contributed by atoms with E-state index in [-0.39, 0.29) is 10.8 Å². The number of hydrogen-bond acceptors (Lipinski definition) is 3. The molecule has 28 heavy (non-hydrogen) atoms. The Balaban J connectivity index is 2.57. The fourth-order valence-electron chi connectivity index (χ4n) is 3.33. The molecule has 0 bridgehead atoms. The topological polar surface area (TPSA) is 38.3 Å². The predicted molar refractivity (Wildman–Crippen MR) is 120 cm³/mol. The first kappa shape index (κ1) is 22.0. The lowest BCUT2D eigenvalue weighted by Gasteiger charge is -2.25. The zero-order valence-electron chi connectivity index (χ0n) is 18.7. The average Bonchev–Trinajstić information content (AvgIpc) is 2.61. The van der Waals surface area contributed by atoms with E-state index in [0.29, 0.717) is 17.9 Å². The summed E-state index contributed by atoms with van der Waals surface area (Å²) in [6, 6.07) is 10.5. The van der Waals surface area contributed by atoms with Crippen molar-refractivity contribution >= 4 is 17.7 Å². The molecule has 0 heterocycles. The number of rotatable bonds is 6. The third kappa shape index (κ3) is 4.95. The number of ether oxygens (including phenoxy) is 1. The fraction of sp³-hybridized carbons (Fsp3) is 0.480. The van der Waals surface area contributed by atoms with Crippen molar-refractivity contribution in [2.45, 2.75) is 72.6 Å². The lowest BCUT2D eigenvalue weighted by Crippen LogP contribution is -2.15. The van der Waals surface area contributed by atoms with Crippen LogP contribution in [0.15, 0.2) is 30.3 Å². The molecule has 0 amide bonds. The highest BCUT2D eigenvalue weighted by Gasteiger charge is 2.22. The number of carbonyl (C=O) groups excluding carboxylic acids is 1. The summed E-state index contributed by atoms with van der Waals surface area (Å²) < 4.78 is 5.85. The molecule has 0 saturated carbocycles. The normalized spacial score (nSPS) is 12.0. The van der Waals surface area contributed by atoms with Gasteiger partial charge < -0.3 is 10.1 Å². The molecule has 0 aromatic heterocycles. The molecule has 2 aromatic carbocycles. The van der Waals surface area contributed by atoms with Gasteiger partial charge in [-0.3, -0.25) is 4.79 Å². The van der Waals surface area contributed by atoms with E-state index in [0.717, 1.165) is 29.6 Å². The van der Waals surface area contributed by atoms with Gasteiger partial charge in [0.1, 0.15) is 12.0 Å². The minimum atomic E-state index is -0.138. The Morgan fingerprint density at radius 1 is 0.929 bits per heavy atom. The van der Waals surface area contributed by atoms with Crippen molar-refractivity contribution in [2.24, 2.45) is 0 Å². The quantitative estimate of drug-likeness (QED) is 0.559. The number of hydrogen-bond donors (Lipinski definition) is 1. The Hall–Kier alpha value is -2.29. The first-order valence-corrected chi connectivity index (χ1v) is 10.2. The van der Waals surface area contributed by atoms with Gasteiger partial charge >= 0.3 is 0 Å². The largest absolute Gasteiger partial charge is 0.492 e. The standard InChI is InChI=1S/C25H35NO2/c1-9-17-13-19(24(3,4)5)11-12-21(17)26-22-15-20(25(6,7)8)18(16-27)14-23(22)28-10-2/h11-16,26H,9-10H2,1-8H3. The number of carbonyl (C=O) groups is 1. The van der Waals surface area contributed by atoms with E-state index in [2.05, 4.69) is 78.0 Å². The number of aryl methyl sites for hydroxylation is 1. The molecule has 0 aliphatic heterocycles. The summed E-state index contributed by atoms with van der Waals surface area (Å²) in [7, 11) is 0. The Labute approximate surface area is 170 Å². The molecule has 0 aliphatic carbocycles. The third-order valence-corrected chi connectivity index (χ3v) is 5.01. The van der Waals surface area contributed by atoms with E-state index in [9.17, 15) is 4.79 Å². The van der Waals surface area contributed by atoms with E-state index in [4.69, 9.17) is 4.74 Å². The summed E-state index contributed by atoms with van der Waals surface area (Å²) in [5, 5.41) is 3.58. The molecular weight excluding hydrogens is 346 g/mol. The first-order chi connectivity index (χ1) is 13.0. The van der Waals surface area contributed by atoms with Crippen LogP contribution in [0, 0.1) is 0 Å². The van der Waals surface area contributed by atoms with Gasteiger partial charge in [-0.05, 0) is 59.1 Å². The van der Waals surface area contributed by atoms with Crippen LogP contribution < -0.4 is 10.1 Å². The van der Waals surface area contributed by atoms with E-state index < -0.39 is 0 Å². The Bertz CT molecular complexity index is 839. The molecule has 0 atom stereocenters. The highest BCUT2D eigenvalue weighted by Crippen LogP contribution is 2.37. The van der Waals surface area contributed by atoms with Crippen molar-refractivity contribution in [3.63, 3.8) is 0 Å². The van der Waals surface area contributed by atoms with E-state index in [1.165, 1.54) is 11.1 Å². The summed E-state index contributed by atoms with van der Waals surface area (Å²) >= 11 is 0. The number of anilines is 2. The highest BCUT2D eigenvalue weighted by molar-refractivity contribution is 5.83.